The zero-order chi connectivity index (χ0) is 12.9. The van der Waals surface area contributed by atoms with Crippen LogP contribution in [0, 0.1) is 5.21 Å². The highest BCUT2D eigenvalue weighted by atomic mass is 16.5. The summed E-state index contributed by atoms with van der Waals surface area (Å²) in [6.45, 7) is 6.04. The van der Waals surface area contributed by atoms with Gasteiger partial charge < -0.3 is 5.21 Å². The molecule has 0 N–H and O–H groups in total. The molecule has 0 aliphatic heterocycles. The van der Waals surface area contributed by atoms with Crippen molar-refractivity contribution in [2.24, 2.45) is 0 Å². The molecule has 0 aromatic heterocycles. The topological polar surface area (TPSA) is 26.1 Å². The number of allylic oxidation sites excluding steroid dienone is 2. The Morgan fingerprint density at radius 1 is 1.00 bits per heavy atom. The average molecular weight is 239 g/mol. The van der Waals surface area contributed by atoms with Gasteiger partial charge in [-0.25, -0.2) is 4.74 Å². The summed E-state index contributed by atoms with van der Waals surface area (Å²) in [5.41, 5.74) is 0. The first-order chi connectivity index (χ1) is 8.18. The summed E-state index contributed by atoms with van der Waals surface area (Å²) in [6.07, 6.45) is 16.1. The molecule has 0 radical (unpaired) electrons. The first-order valence-corrected chi connectivity index (χ1v) is 7.14. The van der Waals surface area contributed by atoms with Gasteiger partial charge >= 0.3 is 0 Å². The van der Waals surface area contributed by atoms with Crippen LogP contribution in [0.2, 0.25) is 0 Å². The van der Waals surface area contributed by atoms with Crippen LogP contribution in [0.25, 0.3) is 0 Å². The van der Waals surface area contributed by atoms with Gasteiger partial charge in [-0.2, -0.15) is 0 Å². The van der Waals surface area contributed by atoms with E-state index >= 15 is 0 Å². The Morgan fingerprint density at radius 3 is 2.18 bits per heavy atom. The lowest BCUT2D eigenvalue weighted by atomic mass is 10.1. The highest BCUT2D eigenvalue weighted by Gasteiger charge is 1.95. The summed E-state index contributed by atoms with van der Waals surface area (Å²) in [5, 5.41) is 11.2. The highest BCUT2D eigenvalue weighted by Crippen LogP contribution is 2.08. The van der Waals surface area contributed by atoms with E-state index in [-0.39, 0.29) is 6.04 Å². The lowest BCUT2D eigenvalue weighted by Gasteiger charge is -2.04. The van der Waals surface area contributed by atoms with Gasteiger partial charge in [0.05, 0.1) is 0 Å². The molecule has 0 atom stereocenters. The van der Waals surface area contributed by atoms with Crippen LogP contribution < -0.4 is 0 Å². The van der Waals surface area contributed by atoms with Gasteiger partial charge in [0.1, 0.15) is 0 Å². The smallest absolute Gasteiger partial charge is 0.174 e. The number of rotatable bonds is 10. The second-order valence-corrected chi connectivity index (χ2v) is 4.94. The fraction of sp³-hybridized carbons (Fsp3) is 0.800. The molecule has 0 aromatic carbocycles. The molecule has 0 saturated heterocycles. The van der Waals surface area contributed by atoms with Crippen molar-refractivity contribution in [2.45, 2.75) is 78.2 Å². The quantitative estimate of drug-likeness (QED) is 0.179. The van der Waals surface area contributed by atoms with Crippen LogP contribution in [0.15, 0.2) is 12.2 Å². The molecule has 2 nitrogen and oxygen atoms in total. The van der Waals surface area contributed by atoms with E-state index in [1.807, 2.05) is 19.9 Å². The Labute approximate surface area is 107 Å². The van der Waals surface area contributed by atoms with Crippen molar-refractivity contribution >= 4 is 6.21 Å². The molecule has 0 fully saturated rings. The summed E-state index contributed by atoms with van der Waals surface area (Å²) >= 11 is 0. The van der Waals surface area contributed by atoms with Crippen molar-refractivity contribution in [1.82, 2.24) is 0 Å². The Morgan fingerprint density at radius 2 is 1.59 bits per heavy atom. The lowest BCUT2D eigenvalue weighted by molar-refractivity contribution is -0.486. The minimum Gasteiger partial charge on any atom is -0.624 e. The summed E-state index contributed by atoms with van der Waals surface area (Å²) in [6, 6.07) is 0.0400. The number of hydrogen-bond acceptors (Lipinski definition) is 1. The number of hydroxylamine groups is 1. The monoisotopic (exact) mass is 239 g/mol. The third kappa shape index (κ3) is 11.5. The Bertz CT molecular complexity index is 219. The maximum Gasteiger partial charge on any atom is 0.174 e. The van der Waals surface area contributed by atoms with Crippen LogP contribution in [0.4, 0.5) is 0 Å². The van der Waals surface area contributed by atoms with Crippen LogP contribution in [-0.2, 0) is 0 Å². The van der Waals surface area contributed by atoms with E-state index in [0.717, 1.165) is 11.2 Å². The first-order valence-electron chi connectivity index (χ1n) is 7.14. The fourth-order valence-corrected chi connectivity index (χ4v) is 1.63. The summed E-state index contributed by atoms with van der Waals surface area (Å²) in [5.74, 6) is 0. The largest absolute Gasteiger partial charge is 0.624 e. The van der Waals surface area contributed by atoms with Gasteiger partial charge in [0.2, 0.25) is 0 Å². The minimum atomic E-state index is 0.0400. The zero-order valence-electron chi connectivity index (χ0n) is 11.8. The van der Waals surface area contributed by atoms with Gasteiger partial charge in [0.15, 0.2) is 12.3 Å². The molecule has 0 unspecified atom stereocenters. The molecule has 0 aliphatic carbocycles. The number of hydrogen-bond donors (Lipinski definition) is 0. The summed E-state index contributed by atoms with van der Waals surface area (Å²) in [4.78, 5) is 0. The molecule has 0 rings (SSSR count). The van der Waals surface area contributed by atoms with Crippen LogP contribution in [0.1, 0.15) is 72.1 Å². The Kier molecular flexibility index (Phi) is 11.1. The van der Waals surface area contributed by atoms with E-state index in [2.05, 4.69) is 13.0 Å². The maximum atomic E-state index is 11.2. The van der Waals surface area contributed by atoms with Crippen molar-refractivity contribution in [3.8, 4) is 0 Å². The highest BCUT2D eigenvalue weighted by molar-refractivity contribution is 5.66. The SMILES string of the molecule is CCCCCCCCC/C=C/C=[N+]([O-])C(C)C. The van der Waals surface area contributed by atoms with Gasteiger partial charge in [-0.15, -0.1) is 0 Å². The molecule has 0 saturated carbocycles. The zero-order valence-corrected chi connectivity index (χ0v) is 11.8. The number of unbranched alkanes of at least 4 members (excludes halogenated alkanes) is 7. The van der Waals surface area contributed by atoms with E-state index in [1.165, 1.54) is 44.9 Å². The number of nitrogens with zero attached hydrogens (tertiary/aromatic N) is 1. The van der Waals surface area contributed by atoms with E-state index in [9.17, 15) is 5.21 Å². The van der Waals surface area contributed by atoms with Gasteiger partial charge in [-0.05, 0) is 32.8 Å². The van der Waals surface area contributed by atoms with Crippen LogP contribution in [-0.4, -0.2) is 17.0 Å². The molecule has 2 heteroatoms. The summed E-state index contributed by atoms with van der Waals surface area (Å²) in [7, 11) is 0. The molecule has 0 heterocycles. The van der Waals surface area contributed by atoms with Crippen molar-refractivity contribution < 1.29 is 4.74 Å². The molecule has 17 heavy (non-hydrogen) atoms. The van der Waals surface area contributed by atoms with Crippen molar-refractivity contribution in [3.63, 3.8) is 0 Å². The predicted octanol–water partition coefficient (Wildman–Crippen LogP) is 4.67. The second kappa shape index (κ2) is 11.7. The van der Waals surface area contributed by atoms with Gasteiger partial charge in [-0.3, -0.25) is 0 Å². The third-order valence-electron chi connectivity index (χ3n) is 2.85. The molecule has 0 spiro atoms. The van der Waals surface area contributed by atoms with Gasteiger partial charge in [-0.1, -0.05) is 51.5 Å². The average Bonchev–Trinajstić information content (AvgIpc) is 2.31. The third-order valence-corrected chi connectivity index (χ3v) is 2.85. The molecule has 0 amide bonds. The predicted molar refractivity (Wildman–Crippen MR) is 76.6 cm³/mol. The van der Waals surface area contributed by atoms with Crippen molar-refractivity contribution in [1.29, 1.82) is 0 Å². The van der Waals surface area contributed by atoms with E-state index < -0.39 is 0 Å². The molecule has 0 aliphatic rings. The van der Waals surface area contributed by atoms with Crippen LogP contribution in [0.5, 0.6) is 0 Å². The molecule has 0 bridgehead atoms. The van der Waals surface area contributed by atoms with Gasteiger partial charge in [0.25, 0.3) is 0 Å². The van der Waals surface area contributed by atoms with E-state index in [0.29, 0.717) is 0 Å². The normalized spacial score (nSPS) is 12.8. The second-order valence-electron chi connectivity index (χ2n) is 4.94. The lowest BCUT2D eigenvalue weighted by Crippen LogP contribution is -2.13. The Hall–Kier alpha value is -0.790. The molecule has 100 valence electrons. The summed E-state index contributed by atoms with van der Waals surface area (Å²) < 4.78 is 0.987. The van der Waals surface area contributed by atoms with E-state index in [4.69, 9.17) is 0 Å². The molecular weight excluding hydrogens is 210 g/mol. The maximum absolute atomic E-state index is 11.2. The van der Waals surface area contributed by atoms with Crippen molar-refractivity contribution in [2.75, 3.05) is 0 Å². The van der Waals surface area contributed by atoms with Crippen LogP contribution >= 0.6 is 0 Å². The first kappa shape index (κ1) is 16.2. The standard InChI is InChI=1S/C15H29NO/c1-4-5-6-7-8-9-10-11-12-13-14-16(17)15(2)3/h12-15H,4-11H2,1-3H3/b13-12+,16-14?. The van der Waals surface area contributed by atoms with Crippen LogP contribution in [0.3, 0.4) is 0 Å². The van der Waals surface area contributed by atoms with Gasteiger partial charge in [0, 0.05) is 0 Å². The van der Waals surface area contributed by atoms with Crippen molar-refractivity contribution in [3.05, 3.63) is 17.4 Å². The van der Waals surface area contributed by atoms with E-state index in [1.54, 1.807) is 6.21 Å². The molecule has 0 aromatic rings. The minimum absolute atomic E-state index is 0.0400. The molecular formula is C15H29NO. The fourth-order valence-electron chi connectivity index (χ4n) is 1.63. The Balaban J connectivity index is 3.33.